The maximum Gasteiger partial charge on any atom is 0.0111 e. The van der Waals surface area contributed by atoms with Crippen molar-refractivity contribution in [2.45, 2.75) is 19.8 Å². The maximum absolute atomic E-state index is 3.96. The highest BCUT2D eigenvalue weighted by Gasteiger charge is 2.17. The Morgan fingerprint density at radius 2 is 1.70 bits per heavy atom. The Hall–Kier alpha value is -0.720. The van der Waals surface area contributed by atoms with E-state index in [1.165, 1.54) is 11.4 Å². The van der Waals surface area contributed by atoms with Gasteiger partial charge in [0, 0.05) is 18.4 Å². The molecule has 1 aliphatic heterocycles. The second kappa shape index (κ2) is 2.49. The first-order chi connectivity index (χ1) is 4.61. The molecular formula is C9H15N. The molecule has 0 aromatic carbocycles. The smallest absolute Gasteiger partial charge is 0.0111 e. The fourth-order valence-corrected chi connectivity index (χ4v) is 1.37. The number of allylic oxidation sites excluding steroid dienone is 2. The van der Waals surface area contributed by atoms with Crippen LogP contribution >= 0.6 is 0 Å². The van der Waals surface area contributed by atoms with Crippen LogP contribution in [0.1, 0.15) is 19.8 Å². The van der Waals surface area contributed by atoms with Gasteiger partial charge in [0.2, 0.25) is 0 Å². The number of likely N-dealkylation sites (tertiary alicyclic amines) is 1. The van der Waals surface area contributed by atoms with E-state index >= 15 is 0 Å². The van der Waals surface area contributed by atoms with Gasteiger partial charge < -0.3 is 4.90 Å². The predicted octanol–water partition coefficient (Wildman–Crippen LogP) is 2.38. The molecule has 1 fully saturated rings. The van der Waals surface area contributed by atoms with Crippen molar-refractivity contribution in [3.05, 3.63) is 24.6 Å². The lowest BCUT2D eigenvalue weighted by atomic mass is 9.95. The number of rotatable bonds is 0. The lowest BCUT2D eigenvalue weighted by molar-refractivity contribution is 0.361. The van der Waals surface area contributed by atoms with Gasteiger partial charge in [0.1, 0.15) is 0 Å². The van der Waals surface area contributed by atoms with Crippen molar-refractivity contribution in [3.8, 4) is 0 Å². The van der Waals surface area contributed by atoms with Crippen LogP contribution < -0.4 is 0 Å². The molecule has 0 aromatic rings. The molecule has 1 rings (SSSR count). The minimum atomic E-state index is 0.733. The molecule has 0 saturated carbocycles. The Labute approximate surface area is 63.0 Å². The SMILES string of the molecule is C=C1CC(C)CC(=C)N1C. The van der Waals surface area contributed by atoms with Gasteiger partial charge in [-0.25, -0.2) is 0 Å². The number of hydrogen-bond acceptors (Lipinski definition) is 1. The lowest BCUT2D eigenvalue weighted by Gasteiger charge is -2.32. The van der Waals surface area contributed by atoms with Crippen LogP contribution in [0.3, 0.4) is 0 Å². The summed E-state index contributed by atoms with van der Waals surface area (Å²) in [5.41, 5.74) is 2.40. The molecule has 0 radical (unpaired) electrons. The van der Waals surface area contributed by atoms with Crippen LogP contribution in [0.5, 0.6) is 0 Å². The zero-order valence-electron chi connectivity index (χ0n) is 6.85. The van der Waals surface area contributed by atoms with Crippen LogP contribution in [-0.2, 0) is 0 Å². The van der Waals surface area contributed by atoms with Gasteiger partial charge in [-0.1, -0.05) is 20.1 Å². The Balaban J connectivity index is 2.66. The molecule has 0 unspecified atom stereocenters. The van der Waals surface area contributed by atoms with Gasteiger partial charge in [0.15, 0.2) is 0 Å². The summed E-state index contributed by atoms with van der Waals surface area (Å²) in [5.74, 6) is 0.733. The molecule has 1 heterocycles. The van der Waals surface area contributed by atoms with Gasteiger partial charge in [-0.3, -0.25) is 0 Å². The first-order valence-corrected chi connectivity index (χ1v) is 3.70. The molecule has 1 heteroatoms. The minimum Gasteiger partial charge on any atom is -0.353 e. The molecule has 0 spiro atoms. The highest BCUT2D eigenvalue weighted by Crippen LogP contribution is 2.28. The van der Waals surface area contributed by atoms with Crippen molar-refractivity contribution in [2.75, 3.05) is 7.05 Å². The van der Waals surface area contributed by atoms with E-state index in [0.717, 1.165) is 18.8 Å². The molecule has 56 valence electrons. The molecule has 1 aliphatic rings. The number of nitrogens with zero attached hydrogens (tertiary/aromatic N) is 1. The molecule has 0 N–H and O–H groups in total. The monoisotopic (exact) mass is 137 g/mol. The van der Waals surface area contributed by atoms with Crippen LogP contribution in [0.4, 0.5) is 0 Å². The Morgan fingerprint density at radius 3 is 2.10 bits per heavy atom. The molecule has 0 atom stereocenters. The highest BCUT2D eigenvalue weighted by atomic mass is 15.1. The van der Waals surface area contributed by atoms with Crippen molar-refractivity contribution in [1.29, 1.82) is 0 Å². The summed E-state index contributed by atoms with van der Waals surface area (Å²) in [7, 11) is 2.04. The molecular weight excluding hydrogens is 122 g/mol. The third kappa shape index (κ3) is 1.23. The zero-order valence-corrected chi connectivity index (χ0v) is 6.85. The predicted molar refractivity (Wildman–Crippen MR) is 44.4 cm³/mol. The summed E-state index contributed by atoms with van der Waals surface area (Å²) in [5, 5.41) is 0. The maximum atomic E-state index is 3.96. The van der Waals surface area contributed by atoms with E-state index in [0.29, 0.717) is 0 Å². The van der Waals surface area contributed by atoms with Gasteiger partial charge in [-0.15, -0.1) is 0 Å². The van der Waals surface area contributed by atoms with Gasteiger partial charge in [0.25, 0.3) is 0 Å². The highest BCUT2D eigenvalue weighted by molar-refractivity contribution is 5.11. The van der Waals surface area contributed by atoms with Crippen LogP contribution in [0.25, 0.3) is 0 Å². The molecule has 1 saturated heterocycles. The van der Waals surface area contributed by atoms with E-state index in [1.807, 2.05) is 7.05 Å². The largest absolute Gasteiger partial charge is 0.353 e. The Bertz CT molecular complexity index is 152. The zero-order chi connectivity index (χ0) is 7.72. The van der Waals surface area contributed by atoms with Crippen LogP contribution in [0, 0.1) is 5.92 Å². The van der Waals surface area contributed by atoms with Crippen molar-refractivity contribution < 1.29 is 0 Å². The van der Waals surface area contributed by atoms with Crippen LogP contribution in [-0.4, -0.2) is 11.9 Å². The average Bonchev–Trinajstić information content (AvgIpc) is 1.82. The van der Waals surface area contributed by atoms with E-state index in [-0.39, 0.29) is 0 Å². The lowest BCUT2D eigenvalue weighted by Crippen LogP contribution is -2.24. The Kier molecular flexibility index (Phi) is 1.84. The fourth-order valence-electron chi connectivity index (χ4n) is 1.37. The molecule has 10 heavy (non-hydrogen) atoms. The van der Waals surface area contributed by atoms with E-state index in [4.69, 9.17) is 0 Å². The molecule has 0 aliphatic carbocycles. The summed E-state index contributed by atoms with van der Waals surface area (Å²) < 4.78 is 0. The van der Waals surface area contributed by atoms with E-state index < -0.39 is 0 Å². The van der Waals surface area contributed by atoms with Crippen molar-refractivity contribution in [2.24, 2.45) is 5.92 Å². The Morgan fingerprint density at radius 1 is 1.30 bits per heavy atom. The first-order valence-electron chi connectivity index (χ1n) is 3.70. The molecule has 0 amide bonds. The number of piperidine rings is 1. The second-order valence-corrected chi connectivity index (χ2v) is 3.20. The third-order valence-corrected chi connectivity index (χ3v) is 2.12. The standard InChI is InChI=1S/C9H15N/c1-7-5-8(2)10(4)9(3)6-7/h7H,2-3,5-6H2,1,4H3. The van der Waals surface area contributed by atoms with Gasteiger partial charge >= 0.3 is 0 Å². The normalized spacial score (nSPS) is 22.0. The summed E-state index contributed by atoms with van der Waals surface area (Å²) in [6.45, 7) is 10.2. The molecule has 0 bridgehead atoms. The van der Waals surface area contributed by atoms with Crippen LogP contribution in [0.15, 0.2) is 24.6 Å². The van der Waals surface area contributed by atoms with Gasteiger partial charge in [-0.2, -0.15) is 0 Å². The number of hydrogen-bond donors (Lipinski definition) is 0. The summed E-state index contributed by atoms with van der Waals surface area (Å²) in [6.07, 6.45) is 2.24. The molecule has 1 nitrogen and oxygen atoms in total. The van der Waals surface area contributed by atoms with E-state index in [2.05, 4.69) is 25.0 Å². The summed E-state index contributed by atoms with van der Waals surface area (Å²) >= 11 is 0. The second-order valence-electron chi connectivity index (χ2n) is 3.20. The van der Waals surface area contributed by atoms with E-state index in [9.17, 15) is 0 Å². The quantitative estimate of drug-likeness (QED) is 0.495. The summed E-state index contributed by atoms with van der Waals surface area (Å²) in [6, 6.07) is 0. The third-order valence-electron chi connectivity index (χ3n) is 2.12. The van der Waals surface area contributed by atoms with Gasteiger partial charge in [-0.05, 0) is 18.8 Å². The van der Waals surface area contributed by atoms with Crippen molar-refractivity contribution >= 4 is 0 Å². The van der Waals surface area contributed by atoms with Crippen LogP contribution in [0.2, 0.25) is 0 Å². The molecule has 0 aromatic heterocycles. The van der Waals surface area contributed by atoms with Crippen molar-refractivity contribution in [1.82, 2.24) is 4.90 Å². The average molecular weight is 137 g/mol. The summed E-state index contributed by atoms with van der Waals surface area (Å²) in [4.78, 5) is 2.10. The minimum absolute atomic E-state index is 0.733. The van der Waals surface area contributed by atoms with E-state index in [1.54, 1.807) is 0 Å². The fraction of sp³-hybridized carbons (Fsp3) is 0.556. The van der Waals surface area contributed by atoms with Gasteiger partial charge in [0.05, 0.1) is 0 Å². The first kappa shape index (κ1) is 7.39. The topological polar surface area (TPSA) is 3.24 Å². The van der Waals surface area contributed by atoms with Crippen molar-refractivity contribution in [3.63, 3.8) is 0 Å².